The second kappa shape index (κ2) is 5.40. The van der Waals surface area contributed by atoms with E-state index in [-0.39, 0.29) is 5.91 Å². The zero-order chi connectivity index (χ0) is 13.1. The fourth-order valence-corrected chi connectivity index (χ4v) is 2.30. The smallest absolute Gasteiger partial charge is 0.224 e. The lowest BCUT2D eigenvalue weighted by molar-refractivity contribution is -0.132. The molecule has 0 saturated heterocycles. The van der Waals surface area contributed by atoms with Gasteiger partial charge in [0.1, 0.15) is 0 Å². The summed E-state index contributed by atoms with van der Waals surface area (Å²) in [7, 11) is 3.97. The number of fused-ring (bicyclic) bond motifs is 1. The fraction of sp³-hybridized carbons (Fsp3) is 0.500. The number of hydrogen-bond acceptors (Lipinski definition) is 3. The first-order chi connectivity index (χ1) is 8.58. The van der Waals surface area contributed by atoms with Crippen molar-refractivity contribution in [1.82, 2.24) is 9.80 Å². The van der Waals surface area contributed by atoms with Crippen LogP contribution in [0.5, 0.6) is 0 Å². The highest BCUT2D eigenvalue weighted by atomic mass is 16.2. The van der Waals surface area contributed by atoms with Gasteiger partial charge in [-0.15, -0.1) is 0 Å². The number of rotatable bonds is 3. The molecule has 0 saturated carbocycles. The monoisotopic (exact) mass is 247 g/mol. The summed E-state index contributed by atoms with van der Waals surface area (Å²) in [5, 5.41) is 0. The fourth-order valence-electron chi connectivity index (χ4n) is 2.30. The maximum absolute atomic E-state index is 12.1. The van der Waals surface area contributed by atoms with E-state index >= 15 is 0 Å². The number of anilines is 1. The van der Waals surface area contributed by atoms with Crippen LogP contribution in [-0.4, -0.2) is 42.9 Å². The van der Waals surface area contributed by atoms with Gasteiger partial charge < -0.3 is 15.5 Å². The molecule has 4 heteroatoms. The summed E-state index contributed by atoms with van der Waals surface area (Å²) in [5.74, 6) is 0.220. The molecule has 0 aliphatic carbocycles. The highest BCUT2D eigenvalue weighted by molar-refractivity contribution is 5.77. The van der Waals surface area contributed by atoms with E-state index in [0.29, 0.717) is 13.0 Å². The van der Waals surface area contributed by atoms with Crippen LogP contribution in [0.25, 0.3) is 0 Å². The number of nitrogen functional groups attached to an aromatic ring is 1. The van der Waals surface area contributed by atoms with Crippen molar-refractivity contribution in [3.8, 4) is 0 Å². The molecule has 0 unspecified atom stereocenters. The van der Waals surface area contributed by atoms with Gasteiger partial charge in [0.15, 0.2) is 0 Å². The van der Waals surface area contributed by atoms with Crippen molar-refractivity contribution < 1.29 is 4.79 Å². The molecule has 2 N–H and O–H groups in total. The number of amides is 1. The van der Waals surface area contributed by atoms with Gasteiger partial charge in [-0.3, -0.25) is 4.79 Å². The Labute approximate surface area is 108 Å². The van der Waals surface area contributed by atoms with E-state index in [0.717, 1.165) is 30.8 Å². The molecule has 1 amide bonds. The number of nitrogens with two attached hydrogens (primary N) is 1. The first kappa shape index (κ1) is 12.9. The molecular weight excluding hydrogens is 226 g/mol. The third-order valence-electron chi connectivity index (χ3n) is 3.43. The minimum Gasteiger partial charge on any atom is -0.398 e. The second-order valence-electron chi connectivity index (χ2n) is 5.10. The van der Waals surface area contributed by atoms with Gasteiger partial charge in [-0.1, -0.05) is 12.1 Å². The summed E-state index contributed by atoms with van der Waals surface area (Å²) in [6.45, 7) is 2.27. The Bertz CT molecular complexity index is 443. The van der Waals surface area contributed by atoms with E-state index in [1.807, 2.05) is 36.0 Å². The molecule has 18 heavy (non-hydrogen) atoms. The van der Waals surface area contributed by atoms with Crippen LogP contribution in [0.4, 0.5) is 5.69 Å². The standard InChI is InChI=1S/C14H21N3O/c1-16(2)8-7-14(18)17-9-6-11-4-3-5-13(15)12(11)10-17/h3-5H,6-10,15H2,1-2H3. The molecule has 4 nitrogen and oxygen atoms in total. The summed E-state index contributed by atoms with van der Waals surface area (Å²) in [4.78, 5) is 16.0. The zero-order valence-corrected chi connectivity index (χ0v) is 11.1. The third-order valence-corrected chi connectivity index (χ3v) is 3.43. The summed E-state index contributed by atoms with van der Waals surface area (Å²) in [5.41, 5.74) is 9.19. The Morgan fingerprint density at radius 1 is 1.44 bits per heavy atom. The van der Waals surface area contributed by atoms with E-state index in [4.69, 9.17) is 5.73 Å². The number of carbonyl (C=O) groups is 1. The van der Waals surface area contributed by atoms with Crippen molar-refractivity contribution in [2.45, 2.75) is 19.4 Å². The van der Waals surface area contributed by atoms with Crippen LogP contribution in [0.15, 0.2) is 18.2 Å². The van der Waals surface area contributed by atoms with E-state index in [9.17, 15) is 4.79 Å². The van der Waals surface area contributed by atoms with Crippen molar-refractivity contribution in [2.75, 3.05) is 32.9 Å². The van der Waals surface area contributed by atoms with Crippen molar-refractivity contribution >= 4 is 11.6 Å². The number of benzene rings is 1. The van der Waals surface area contributed by atoms with E-state index in [2.05, 4.69) is 6.07 Å². The average molecular weight is 247 g/mol. The van der Waals surface area contributed by atoms with Gasteiger partial charge in [-0.05, 0) is 37.7 Å². The maximum Gasteiger partial charge on any atom is 0.224 e. The Hall–Kier alpha value is -1.55. The van der Waals surface area contributed by atoms with Crippen LogP contribution in [0.3, 0.4) is 0 Å². The first-order valence-electron chi connectivity index (χ1n) is 6.36. The van der Waals surface area contributed by atoms with Gasteiger partial charge >= 0.3 is 0 Å². The molecule has 1 aliphatic heterocycles. The van der Waals surface area contributed by atoms with Gasteiger partial charge in [0, 0.05) is 31.7 Å². The summed E-state index contributed by atoms with van der Waals surface area (Å²) < 4.78 is 0. The number of nitrogens with zero attached hydrogens (tertiary/aromatic N) is 2. The summed E-state index contributed by atoms with van der Waals surface area (Å²) in [6.07, 6.45) is 1.49. The van der Waals surface area contributed by atoms with Crippen molar-refractivity contribution in [3.05, 3.63) is 29.3 Å². The molecule has 98 valence electrons. The van der Waals surface area contributed by atoms with Gasteiger partial charge in [-0.2, -0.15) is 0 Å². The lowest BCUT2D eigenvalue weighted by Crippen LogP contribution is -2.37. The molecule has 0 spiro atoms. The van der Waals surface area contributed by atoms with Crippen LogP contribution < -0.4 is 5.73 Å². The number of hydrogen-bond donors (Lipinski definition) is 1. The average Bonchev–Trinajstić information content (AvgIpc) is 2.36. The molecule has 0 bridgehead atoms. The van der Waals surface area contributed by atoms with Crippen molar-refractivity contribution in [3.63, 3.8) is 0 Å². The van der Waals surface area contributed by atoms with Gasteiger partial charge in [0.05, 0.1) is 0 Å². The van der Waals surface area contributed by atoms with Crippen LogP contribution in [-0.2, 0) is 17.8 Å². The van der Waals surface area contributed by atoms with Crippen LogP contribution in [0, 0.1) is 0 Å². The van der Waals surface area contributed by atoms with E-state index in [1.54, 1.807) is 0 Å². The Kier molecular flexibility index (Phi) is 3.87. The summed E-state index contributed by atoms with van der Waals surface area (Å²) >= 11 is 0. The van der Waals surface area contributed by atoms with Crippen molar-refractivity contribution in [1.29, 1.82) is 0 Å². The minimum absolute atomic E-state index is 0.220. The maximum atomic E-state index is 12.1. The molecular formula is C14H21N3O. The van der Waals surface area contributed by atoms with Crippen LogP contribution >= 0.6 is 0 Å². The predicted molar refractivity (Wildman–Crippen MR) is 73.1 cm³/mol. The molecule has 1 aromatic rings. The highest BCUT2D eigenvalue weighted by Gasteiger charge is 2.21. The SMILES string of the molecule is CN(C)CCC(=O)N1CCc2cccc(N)c2C1. The second-order valence-corrected chi connectivity index (χ2v) is 5.10. The minimum atomic E-state index is 0.220. The predicted octanol–water partition coefficient (Wildman–Crippen LogP) is 1.11. The molecule has 1 aromatic carbocycles. The quantitative estimate of drug-likeness (QED) is 0.814. The Morgan fingerprint density at radius 2 is 2.22 bits per heavy atom. The molecule has 0 aromatic heterocycles. The normalized spacial score (nSPS) is 14.7. The molecule has 0 radical (unpaired) electrons. The zero-order valence-electron chi connectivity index (χ0n) is 11.1. The topological polar surface area (TPSA) is 49.6 Å². The highest BCUT2D eigenvalue weighted by Crippen LogP contribution is 2.24. The van der Waals surface area contributed by atoms with E-state index in [1.165, 1.54) is 5.56 Å². The van der Waals surface area contributed by atoms with Crippen LogP contribution in [0.1, 0.15) is 17.5 Å². The largest absolute Gasteiger partial charge is 0.398 e. The lowest BCUT2D eigenvalue weighted by Gasteiger charge is -2.30. The number of carbonyl (C=O) groups excluding carboxylic acids is 1. The van der Waals surface area contributed by atoms with Crippen LogP contribution in [0.2, 0.25) is 0 Å². The van der Waals surface area contributed by atoms with E-state index < -0.39 is 0 Å². The molecule has 1 heterocycles. The van der Waals surface area contributed by atoms with Gasteiger partial charge in [-0.25, -0.2) is 0 Å². The summed E-state index contributed by atoms with van der Waals surface area (Å²) in [6, 6.07) is 6.00. The molecule has 0 fully saturated rings. The molecule has 0 atom stereocenters. The molecule has 1 aliphatic rings. The first-order valence-corrected chi connectivity index (χ1v) is 6.36. The Morgan fingerprint density at radius 3 is 2.94 bits per heavy atom. The van der Waals surface area contributed by atoms with Crippen molar-refractivity contribution in [2.24, 2.45) is 0 Å². The van der Waals surface area contributed by atoms with Gasteiger partial charge in [0.25, 0.3) is 0 Å². The third kappa shape index (κ3) is 2.82. The lowest BCUT2D eigenvalue weighted by atomic mass is 9.98. The van der Waals surface area contributed by atoms with Gasteiger partial charge in [0.2, 0.25) is 5.91 Å². The Balaban J connectivity index is 2.03. The molecule has 2 rings (SSSR count).